The monoisotopic (exact) mass is 379 g/mol. The van der Waals surface area contributed by atoms with Crippen LogP contribution in [0.1, 0.15) is 10.8 Å². The Kier molecular flexibility index (Phi) is 6.03. The Balaban J connectivity index is 2.00. The van der Waals surface area contributed by atoms with Crippen molar-refractivity contribution >= 4 is 17.7 Å². The fourth-order valence-electron chi connectivity index (χ4n) is 2.61. The highest BCUT2D eigenvalue weighted by atomic mass is 32.2. The van der Waals surface area contributed by atoms with Crippen LogP contribution in [0.5, 0.6) is 0 Å². The lowest BCUT2D eigenvalue weighted by atomic mass is 10.1. The van der Waals surface area contributed by atoms with Gasteiger partial charge in [0.05, 0.1) is 0 Å². The lowest BCUT2D eigenvalue weighted by Crippen LogP contribution is -2.27. The van der Waals surface area contributed by atoms with E-state index in [1.54, 1.807) is 37.5 Å². The summed E-state index contributed by atoms with van der Waals surface area (Å²) < 4.78 is 1.96. The average Bonchev–Trinajstić information content (AvgIpc) is 3.09. The molecule has 0 saturated carbocycles. The predicted octanol–water partition coefficient (Wildman–Crippen LogP) is 3.45. The maximum atomic E-state index is 12.8. The van der Waals surface area contributed by atoms with Gasteiger partial charge in [-0.2, -0.15) is 0 Å². The van der Waals surface area contributed by atoms with Gasteiger partial charge < -0.3 is 4.90 Å². The Hall–Kier alpha value is -2.93. The molecule has 0 aliphatic carbocycles. The molecule has 7 heteroatoms. The van der Waals surface area contributed by atoms with Gasteiger partial charge in [-0.25, -0.2) is 0 Å². The number of nitrogens with zero attached hydrogens (tertiary/aromatic N) is 5. The lowest BCUT2D eigenvalue weighted by Gasteiger charge is -2.20. The minimum atomic E-state index is -0.403. The first-order valence-corrected chi connectivity index (χ1v) is 9.37. The van der Waals surface area contributed by atoms with Crippen molar-refractivity contribution in [1.29, 1.82) is 0 Å². The summed E-state index contributed by atoms with van der Waals surface area (Å²) in [7, 11) is 3.52. The smallest absolute Gasteiger partial charge is 0.240 e. The van der Waals surface area contributed by atoms with E-state index in [2.05, 4.69) is 21.8 Å². The second-order valence-corrected chi connectivity index (χ2v) is 7.15. The third-order valence-electron chi connectivity index (χ3n) is 3.96. The van der Waals surface area contributed by atoms with Gasteiger partial charge in [0.25, 0.3) is 0 Å². The van der Waals surface area contributed by atoms with Crippen molar-refractivity contribution in [2.24, 2.45) is 0 Å². The third-order valence-corrected chi connectivity index (χ3v) is 5.18. The van der Waals surface area contributed by atoms with E-state index in [0.29, 0.717) is 11.7 Å². The third kappa shape index (κ3) is 4.25. The molecule has 0 aliphatic rings. The molecule has 0 aliphatic heterocycles. The molecule has 0 spiro atoms. The van der Waals surface area contributed by atoms with Gasteiger partial charge in [-0.15, -0.1) is 16.8 Å². The predicted molar refractivity (Wildman–Crippen MR) is 107 cm³/mol. The fourth-order valence-corrected chi connectivity index (χ4v) is 3.80. The van der Waals surface area contributed by atoms with Crippen molar-refractivity contribution < 1.29 is 4.79 Å². The molecule has 3 aromatic rings. The van der Waals surface area contributed by atoms with E-state index in [4.69, 9.17) is 0 Å². The van der Waals surface area contributed by atoms with Crippen LogP contribution >= 0.6 is 11.8 Å². The molecule has 1 amide bonds. The molecule has 0 bridgehead atoms. The summed E-state index contributed by atoms with van der Waals surface area (Å²) in [6.07, 6.45) is 5.23. The largest absolute Gasteiger partial charge is 0.348 e. The summed E-state index contributed by atoms with van der Waals surface area (Å²) in [5.74, 6) is 0.730. The first kappa shape index (κ1) is 18.8. The van der Waals surface area contributed by atoms with Crippen molar-refractivity contribution in [3.05, 3.63) is 73.1 Å². The van der Waals surface area contributed by atoms with Gasteiger partial charge in [0.1, 0.15) is 5.25 Å². The molecule has 1 atom stereocenters. The molecule has 3 rings (SSSR count). The van der Waals surface area contributed by atoms with E-state index in [9.17, 15) is 4.79 Å². The SMILES string of the molecule is C=CCn1c(S[C@@H](C(=O)N(C)C)c2ccccc2)nnc1-c1ccncc1. The van der Waals surface area contributed by atoms with E-state index in [0.717, 1.165) is 17.0 Å². The molecule has 0 radical (unpaired) electrons. The number of likely N-dealkylation sites (N-methyl/N-ethyl adjacent to an activating group) is 1. The molecule has 0 fully saturated rings. The number of amides is 1. The number of thioether (sulfide) groups is 1. The van der Waals surface area contributed by atoms with Crippen LogP contribution in [-0.4, -0.2) is 44.7 Å². The lowest BCUT2D eigenvalue weighted by molar-refractivity contribution is -0.128. The Morgan fingerprint density at radius 3 is 2.52 bits per heavy atom. The van der Waals surface area contributed by atoms with Crippen LogP contribution in [-0.2, 0) is 11.3 Å². The molecular formula is C20H21N5OS. The first-order valence-electron chi connectivity index (χ1n) is 8.49. The molecule has 2 heterocycles. The number of carbonyl (C=O) groups is 1. The highest BCUT2D eigenvalue weighted by Gasteiger charge is 2.26. The van der Waals surface area contributed by atoms with Crippen LogP contribution in [0.25, 0.3) is 11.4 Å². The van der Waals surface area contributed by atoms with Crippen LogP contribution in [0.15, 0.2) is 72.7 Å². The zero-order chi connectivity index (χ0) is 19.2. The van der Waals surface area contributed by atoms with Gasteiger partial charge in [-0.3, -0.25) is 14.3 Å². The molecule has 138 valence electrons. The van der Waals surface area contributed by atoms with Gasteiger partial charge in [0.2, 0.25) is 5.91 Å². The fraction of sp³-hybridized carbons (Fsp3) is 0.200. The molecule has 27 heavy (non-hydrogen) atoms. The minimum Gasteiger partial charge on any atom is -0.348 e. The van der Waals surface area contributed by atoms with Crippen molar-refractivity contribution in [2.45, 2.75) is 17.0 Å². The summed E-state index contributed by atoms with van der Waals surface area (Å²) in [6.45, 7) is 4.39. The maximum Gasteiger partial charge on any atom is 0.240 e. The maximum absolute atomic E-state index is 12.8. The molecule has 1 aromatic carbocycles. The van der Waals surface area contributed by atoms with Crippen LogP contribution in [0.4, 0.5) is 0 Å². The van der Waals surface area contributed by atoms with E-state index >= 15 is 0 Å². The molecule has 0 saturated heterocycles. The zero-order valence-corrected chi connectivity index (χ0v) is 16.1. The van der Waals surface area contributed by atoms with Crippen LogP contribution in [0, 0.1) is 0 Å². The summed E-state index contributed by atoms with van der Waals surface area (Å²) in [5.41, 5.74) is 1.85. The number of allylic oxidation sites excluding steroid dienone is 1. The van der Waals surface area contributed by atoms with Gasteiger partial charge >= 0.3 is 0 Å². The quantitative estimate of drug-likeness (QED) is 0.465. The van der Waals surface area contributed by atoms with Crippen molar-refractivity contribution in [3.8, 4) is 11.4 Å². The minimum absolute atomic E-state index is 0.00446. The van der Waals surface area contributed by atoms with Crippen LogP contribution < -0.4 is 0 Å². The second-order valence-electron chi connectivity index (χ2n) is 6.08. The topological polar surface area (TPSA) is 63.9 Å². The normalized spacial score (nSPS) is 11.8. The Morgan fingerprint density at radius 2 is 1.89 bits per heavy atom. The second kappa shape index (κ2) is 8.64. The summed E-state index contributed by atoms with van der Waals surface area (Å²) >= 11 is 1.40. The number of benzene rings is 1. The molecule has 0 N–H and O–H groups in total. The Labute approximate surface area is 163 Å². The number of hydrogen-bond acceptors (Lipinski definition) is 5. The van der Waals surface area contributed by atoms with Crippen molar-refractivity contribution in [2.75, 3.05) is 14.1 Å². The number of rotatable bonds is 7. The summed E-state index contributed by atoms with van der Waals surface area (Å²) in [5, 5.41) is 8.97. The Bertz CT molecular complexity index is 909. The highest BCUT2D eigenvalue weighted by molar-refractivity contribution is 8.00. The van der Waals surface area contributed by atoms with E-state index in [1.807, 2.05) is 47.0 Å². The average molecular weight is 379 g/mol. The number of aromatic nitrogens is 4. The number of pyridine rings is 1. The van der Waals surface area contributed by atoms with Gasteiger partial charge in [0, 0.05) is 38.6 Å². The van der Waals surface area contributed by atoms with Crippen LogP contribution in [0.3, 0.4) is 0 Å². The van der Waals surface area contributed by atoms with Crippen molar-refractivity contribution in [3.63, 3.8) is 0 Å². The molecular weight excluding hydrogens is 358 g/mol. The number of hydrogen-bond donors (Lipinski definition) is 0. The van der Waals surface area contributed by atoms with Gasteiger partial charge in [-0.05, 0) is 17.7 Å². The highest BCUT2D eigenvalue weighted by Crippen LogP contribution is 2.36. The molecule has 2 aromatic heterocycles. The van der Waals surface area contributed by atoms with Crippen LogP contribution in [0.2, 0.25) is 0 Å². The van der Waals surface area contributed by atoms with Crippen molar-refractivity contribution in [1.82, 2.24) is 24.6 Å². The number of carbonyl (C=O) groups excluding carboxylic acids is 1. The summed E-state index contributed by atoms with van der Waals surface area (Å²) in [4.78, 5) is 18.5. The van der Waals surface area contributed by atoms with Gasteiger partial charge in [0.15, 0.2) is 11.0 Å². The molecule has 6 nitrogen and oxygen atoms in total. The summed E-state index contributed by atoms with van der Waals surface area (Å²) in [6, 6.07) is 13.5. The van der Waals surface area contributed by atoms with E-state index < -0.39 is 5.25 Å². The standard InChI is InChI=1S/C20H21N5OS/c1-4-14-25-18(16-10-12-21-13-11-16)22-23-20(25)27-17(19(26)24(2)3)15-8-6-5-7-9-15/h4-13,17H,1,14H2,2-3H3/t17-/m1/s1. The zero-order valence-electron chi connectivity index (χ0n) is 15.3. The first-order chi connectivity index (χ1) is 13.1. The Morgan fingerprint density at radius 1 is 1.19 bits per heavy atom. The molecule has 0 unspecified atom stereocenters. The van der Waals surface area contributed by atoms with E-state index in [-0.39, 0.29) is 5.91 Å². The van der Waals surface area contributed by atoms with E-state index in [1.165, 1.54) is 11.8 Å². The van der Waals surface area contributed by atoms with Gasteiger partial charge in [-0.1, -0.05) is 48.2 Å².